The lowest BCUT2D eigenvalue weighted by Crippen LogP contribution is -2.25. The zero-order valence-electron chi connectivity index (χ0n) is 11.5. The van der Waals surface area contributed by atoms with Gasteiger partial charge >= 0.3 is 0 Å². The van der Waals surface area contributed by atoms with Crippen molar-refractivity contribution < 1.29 is 4.74 Å². The van der Waals surface area contributed by atoms with E-state index in [-0.39, 0.29) is 6.04 Å². The van der Waals surface area contributed by atoms with Crippen LogP contribution in [0.15, 0.2) is 30.9 Å². The first-order valence-corrected chi connectivity index (χ1v) is 6.83. The summed E-state index contributed by atoms with van der Waals surface area (Å²) < 4.78 is 5.30. The van der Waals surface area contributed by atoms with Crippen LogP contribution in [0.3, 0.4) is 0 Å². The Morgan fingerprint density at radius 2 is 2.10 bits per heavy atom. The molecule has 5 nitrogen and oxygen atoms in total. The molecule has 0 fully saturated rings. The van der Waals surface area contributed by atoms with Gasteiger partial charge in [0.05, 0.1) is 18.2 Å². The second-order valence-corrected chi connectivity index (χ2v) is 4.64. The molecule has 1 atom stereocenters. The van der Waals surface area contributed by atoms with Crippen molar-refractivity contribution in [2.24, 2.45) is 0 Å². The second-order valence-electron chi connectivity index (χ2n) is 4.24. The molecule has 0 aromatic carbocycles. The summed E-state index contributed by atoms with van der Waals surface area (Å²) in [5.41, 5.74) is 1.63. The average Bonchev–Trinajstić information content (AvgIpc) is 2.49. The minimum absolute atomic E-state index is 0.172. The van der Waals surface area contributed by atoms with Gasteiger partial charge in [-0.1, -0.05) is 18.5 Å². The summed E-state index contributed by atoms with van der Waals surface area (Å²) in [7, 11) is 1.58. The van der Waals surface area contributed by atoms with E-state index in [1.165, 1.54) is 0 Å². The molecule has 2 aromatic rings. The number of halogens is 1. The molecule has 1 N–H and O–H groups in total. The van der Waals surface area contributed by atoms with Crippen molar-refractivity contribution >= 4 is 11.6 Å². The maximum atomic E-state index is 6.25. The van der Waals surface area contributed by atoms with Crippen molar-refractivity contribution in [2.75, 3.05) is 13.7 Å². The van der Waals surface area contributed by atoms with Gasteiger partial charge in [-0.3, -0.25) is 9.97 Å². The number of rotatable bonds is 6. The Bertz CT molecular complexity index is 564. The fraction of sp³-hybridized carbons (Fsp3) is 0.357. The van der Waals surface area contributed by atoms with Crippen LogP contribution in [-0.4, -0.2) is 28.6 Å². The Morgan fingerprint density at radius 1 is 1.30 bits per heavy atom. The van der Waals surface area contributed by atoms with Crippen LogP contribution >= 0.6 is 11.6 Å². The molecule has 0 aliphatic carbocycles. The Labute approximate surface area is 123 Å². The summed E-state index contributed by atoms with van der Waals surface area (Å²) in [5, 5.41) is 4.01. The Kier molecular flexibility index (Phi) is 5.26. The van der Waals surface area contributed by atoms with Gasteiger partial charge in [-0.2, -0.15) is 0 Å². The Balaban J connectivity index is 2.44. The molecule has 0 spiro atoms. The number of methoxy groups -OCH3 is 1. The molecule has 0 aliphatic heterocycles. The average molecular weight is 293 g/mol. The van der Waals surface area contributed by atoms with Gasteiger partial charge in [0.15, 0.2) is 0 Å². The van der Waals surface area contributed by atoms with Gasteiger partial charge < -0.3 is 10.1 Å². The van der Waals surface area contributed by atoms with Gasteiger partial charge in [0.2, 0.25) is 5.88 Å². The summed E-state index contributed by atoms with van der Waals surface area (Å²) in [5.74, 6) is 0.494. The van der Waals surface area contributed by atoms with Crippen molar-refractivity contribution in [2.45, 2.75) is 19.4 Å². The molecule has 0 saturated carbocycles. The van der Waals surface area contributed by atoms with E-state index >= 15 is 0 Å². The zero-order valence-corrected chi connectivity index (χ0v) is 12.3. The number of hydrogen-bond acceptors (Lipinski definition) is 5. The minimum atomic E-state index is -0.172. The van der Waals surface area contributed by atoms with Crippen molar-refractivity contribution in [3.05, 3.63) is 47.1 Å². The van der Waals surface area contributed by atoms with Gasteiger partial charge in [0.25, 0.3) is 0 Å². The molecule has 106 valence electrons. The van der Waals surface area contributed by atoms with Crippen molar-refractivity contribution in [3.63, 3.8) is 0 Å². The largest absolute Gasteiger partial charge is 0.480 e. The Morgan fingerprint density at radius 3 is 2.80 bits per heavy atom. The van der Waals surface area contributed by atoms with E-state index in [9.17, 15) is 0 Å². The van der Waals surface area contributed by atoms with E-state index in [0.717, 1.165) is 24.2 Å². The summed E-state index contributed by atoms with van der Waals surface area (Å²) in [6, 6.07) is 1.71. The number of pyridine rings is 1. The summed E-state index contributed by atoms with van der Waals surface area (Å²) >= 11 is 6.25. The van der Waals surface area contributed by atoms with Crippen LogP contribution in [0, 0.1) is 0 Å². The van der Waals surface area contributed by atoms with Crippen LogP contribution in [0.1, 0.15) is 30.6 Å². The summed E-state index contributed by atoms with van der Waals surface area (Å²) in [6.07, 6.45) is 7.59. The van der Waals surface area contributed by atoms with E-state index in [0.29, 0.717) is 10.9 Å². The molecule has 2 heterocycles. The van der Waals surface area contributed by atoms with Crippen LogP contribution in [0.4, 0.5) is 0 Å². The molecule has 2 aromatic heterocycles. The van der Waals surface area contributed by atoms with Gasteiger partial charge in [0.1, 0.15) is 5.69 Å². The molecule has 6 heteroatoms. The predicted octanol–water partition coefficient (Wildman–Crippen LogP) is 2.62. The van der Waals surface area contributed by atoms with Crippen molar-refractivity contribution in [1.29, 1.82) is 0 Å². The van der Waals surface area contributed by atoms with Gasteiger partial charge in [-0.05, 0) is 24.6 Å². The normalized spacial score (nSPS) is 12.2. The standard InChI is InChI=1S/C14H17ClN4O/c1-3-5-17-12(10-4-6-16-9-11(10)15)13-14(20-2)19-8-7-18-13/h4,6-9,12,17H,3,5H2,1-2H3. The molecule has 20 heavy (non-hydrogen) atoms. The monoisotopic (exact) mass is 292 g/mol. The van der Waals surface area contributed by atoms with Gasteiger partial charge in [0, 0.05) is 24.8 Å². The molecule has 0 saturated heterocycles. The fourth-order valence-corrected chi connectivity index (χ4v) is 2.18. The van der Waals surface area contributed by atoms with Crippen molar-refractivity contribution in [3.8, 4) is 5.88 Å². The highest BCUT2D eigenvalue weighted by Gasteiger charge is 2.22. The maximum Gasteiger partial charge on any atom is 0.237 e. The van der Waals surface area contributed by atoms with Crippen LogP contribution in [0.25, 0.3) is 0 Å². The maximum absolute atomic E-state index is 6.25. The topological polar surface area (TPSA) is 59.9 Å². The first kappa shape index (κ1) is 14.7. The lowest BCUT2D eigenvalue weighted by atomic mass is 10.0. The van der Waals surface area contributed by atoms with Gasteiger partial charge in [-0.25, -0.2) is 4.98 Å². The summed E-state index contributed by atoms with van der Waals surface area (Å²) in [6.45, 7) is 2.94. The minimum Gasteiger partial charge on any atom is -0.480 e. The molecule has 0 bridgehead atoms. The van der Waals surface area contributed by atoms with Crippen LogP contribution in [0.5, 0.6) is 5.88 Å². The number of ether oxygens (including phenoxy) is 1. The second kappa shape index (κ2) is 7.17. The van der Waals surface area contributed by atoms with Crippen molar-refractivity contribution in [1.82, 2.24) is 20.3 Å². The number of aromatic nitrogens is 3. The molecule has 1 unspecified atom stereocenters. The third kappa shape index (κ3) is 3.23. The van der Waals surface area contributed by atoms with E-state index in [2.05, 4.69) is 27.2 Å². The highest BCUT2D eigenvalue weighted by molar-refractivity contribution is 6.31. The number of nitrogens with one attached hydrogen (secondary N) is 1. The third-order valence-electron chi connectivity index (χ3n) is 2.87. The van der Waals surface area contributed by atoms with E-state index in [1.807, 2.05) is 6.07 Å². The molecule has 2 rings (SSSR count). The van der Waals surface area contributed by atoms with Crippen LogP contribution in [0.2, 0.25) is 5.02 Å². The highest BCUT2D eigenvalue weighted by atomic mass is 35.5. The SMILES string of the molecule is CCCNC(c1ccncc1Cl)c1nccnc1OC. The Hall–Kier alpha value is -1.72. The third-order valence-corrected chi connectivity index (χ3v) is 3.19. The molecule has 0 aliphatic rings. The van der Waals surface area contributed by atoms with E-state index < -0.39 is 0 Å². The van der Waals surface area contributed by atoms with Crippen LogP contribution in [-0.2, 0) is 0 Å². The number of nitrogens with zero attached hydrogens (tertiary/aromatic N) is 3. The molecular formula is C14H17ClN4O. The summed E-state index contributed by atoms with van der Waals surface area (Å²) in [4.78, 5) is 12.6. The quantitative estimate of drug-likeness (QED) is 0.887. The molecule has 0 radical (unpaired) electrons. The molecular weight excluding hydrogens is 276 g/mol. The lowest BCUT2D eigenvalue weighted by Gasteiger charge is -2.20. The zero-order chi connectivity index (χ0) is 14.4. The van der Waals surface area contributed by atoms with Gasteiger partial charge in [-0.15, -0.1) is 0 Å². The highest BCUT2D eigenvalue weighted by Crippen LogP contribution is 2.30. The lowest BCUT2D eigenvalue weighted by molar-refractivity contribution is 0.382. The molecule has 0 amide bonds. The fourth-order valence-electron chi connectivity index (χ4n) is 1.95. The predicted molar refractivity (Wildman–Crippen MR) is 78.0 cm³/mol. The van der Waals surface area contributed by atoms with Crippen LogP contribution < -0.4 is 10.1 Å². The first-order chi connectivity index (χ1) is 9.77. The smallest absolute Gasteiger partial charge is 0.237 e. The van der Waals surface area contributed by atoms with E-state index in [4.69, 9.17) is 16.3 Å². The number of hydrogen-bond donors (Lipinski definition) is 1. The van der Waals surface area contributed by atoms with E-state index in [1.54, 1.807) is 31.9 Å². The first-order valence-electron chi connectivity index (χ1n) is 6.45.